The zero-order chi connectivity index (χ0) is 11.8. The molecule has 1 rings (SSSR count). The average Bonchev–Trinajstić information content (AvgIpc) is 2.71. The third-order valence-electron chi connectivity index (χ3n) is 2.30. The summed E-state index contributed by atoms with van der Waals surface area (Å²) in [7, 11) is 0. The van der Waals surface area contributed by atoms with Gasteiger partial charge in [-0.15, -0.1) is 0 Å². The van der Waals surface area contributed by atoms with Crippen LogP contribution in [-0.4, -0.2) is 23.4 Å². The molecule has 0 fully saturated rings. The smallest absolute Gasteiger partial charge is 0.325 e. The Morgan fingerprint density at radius 1 is 1.50 bits per heavy atom. The van der Waals surface area contributed by atoms with E-state index in [-0.39, 0.29) is 12.5 Å². The van der Waals surface area contributed by atoms with Gasteiger partial charge < -0.3 is 9.30 Å². The Labute approximate surface area is 95.2 Å². The molecule has 1 aromatic heterocycles. The second-order valence-electron chi connectivity index (χ2n) is 3.61. The van der Waals surface area contributed by atoms with Crippen LogP contribution in [0.2, 0.25) is 0 Å². The van der Waals surface area contributed by atoms with Crippen molar-refractivity contribution >= 4 is 12.3 Å². The fraction of sp³-hybridized carbons (Fsp3) is 0.500. The largest absolute Gasteiger partial charge is 0.464 e. The zero-order valence-electron chi connectivity index (χ0n) is 9.52. The molecule has 4 heteroatoms. The molecule has 0 bridgehead atoms. The van der Waals surface area contributed by atoms with E-state index in [1.54, 1.807) is 22.9 Å². The number of hydrogen-bond acceptors (Lipinski definition) is 3. The number of unbranched alkanes of at least 4 members (excludes halogenated alkanes) is 2. The van der Waals surface area contributed by atoms with Gasteiger partial charge in [-0.25, -0.2) is 0 Å². The summed E-state index contributed by atoms with van der Waals surface area (Å²) in [5.74, 6) is -0.296. The van der Waals surface area contributed by atoms with Crippen LogP contribution in [0.25, 0.3) is 0 Å². The van der Waals surface area contributed by atoms with Gasteiger partial charge in [0.05, 0.1) is 12.3 Å². The van der Waals surface area contributed by atoms with Gasteiger partial charge in [-0.3, -0.25) is 9.59 Å². The highest BCUT2D eigenvalue weighted by Crippen LogP contribution is 2.00. The van der Waals surface area contributed by atoms with Gasteiger partial charge in [0.25, 0.3) is 0 Å². The van der Waals surface area contributed by atoms with Crippen LogP contribution in [0.1, 0.15) is 36.7 Å². The Morgan fingerprint density at radius 2 is 2.31 bits per heavy atom. The van der Waals surface area contributed by atoms with Gasteiger partial charge in [-0.05, 0) is 18.6 Å². The number of carbonyl (C=O) groups is 2. The SMILES string of the molecule is CCCCCOC(=O)Cn1cccc1C=O. The Kier molecular flexibility index (Phi) is 5.32. The molecule has 4 nitrogen and oxygen atoms in total. The number of hydrogen-bond donors (Lipinski definition) is 0. The molecular weight excluding hydrogens is 206 g/mol. The highest BCUT2D eigenvalue weighted by molar-refractivity contribution is 5.75. The maximum absolute atomic E-state index is 11.4. The lowest BCUT2D eigenvalue weighted by Crippen LogP contribution is -2.15. The number of esters is 1. The van der Waals surface area contributed by atoms with Crippen molar-refractivity contribution in [3.63, 3.8) is 0 Å². The Balaban J connectivity index is 2.31. The summed E-state index contributed by atoms with van der Waals surface area (Å²) in [4.78, 5) is 22.0. The number of nitrogens with zero attached hydrogens (tertiary/aromatic N) is 1. The second kappa shape index (κ2) is 6.82. The van der Waals surface area contributed by atoms with E-state index in [0.717, 1.165) is 25.5 Å². The van der Waals surface area contributed by atoms with E-state index < -0.39 is 0 Å². The summed E-state index contributed by atoms with van der Waals surface area (Å²) in [5.41, 5.74) is 0.491. The molecule has 0 aliphatic rings. The van der Waals surface area contributed by atoms with Crippen molar-refractivity contribution in [3.8, 4) is 0 Å². The molecule has 0 spiro atoms. The van der Waals surface area contributed by atoms with Crippen LogP contribution in [0.3, 0.4) is 0 Å². The predicted molar refractivity (Wildman–Crippen MR) is 60.3 cm³/mol. The molecule has 88 valence electrons. The molecule has 0 aromatic carbocycles. The fourth-order valence-electron chi connectivity index (χ4n) is 1.40. The maximum Gasteiger partial charge on any atom is 0.325 e. The van der Waals surface area contributed by atoms with E-state index in [1.807, 2.05) is 0 Å². The first-order valence-corrected chi connectivity index (χ1v) is 5.54. The highest BCUT2D eigenvalue weighted by Gasteiger charge is 2.06. The van der Waals surface area contributed by atoms with E-state index in [1.165, 1.54) is 0 Å². The zero-order valence-corrected chi connectivity index (χ0v) is 9.52. The van der Waals surface area contributed by atoms with E-state index >= 15 is 0 Å². The van der Waals surface area contributed by atoms with Crippen LogP contribution in [0, 0.1) is 0 Å². The summed E-state index contributed by atoms with van der Waals surface area (Å²) in [6, 6.07) is 3.39. The minimum atomic E-state index is -0.296. The summed E-state index contributed by atoms with van der Waals surface area (Å²) < 4.78 is 6.62. The molecule has 0 aliphatic carbocycles. The molecule has 0 N–H and O–H groups in total. The van der Waals surface area contributed by atoms with Gasteiger partial charge in [-0.1, -0.05) is 19.8 Å². The van der Waals surface area contributed by atoms with Gasteiger partial charge in [-0.2, -0.15) is 0 Å². The first kappa shape index (κ1) is 12.5. The van der Waals surface area contributed by atoms with E-state index in [9.17, 15) is 9.59 Å². The van der Waals surface area contributed by atoms with Crippen molar-refractivity contribution in [2.45, 2.75) is 32.7 Å². The van der Waals surface area contributed by atoms with Gasteiger partial charge >= 0.3 is 5.97 Å². The van der Waals surface area contributed by atoms with E-state index in [2.05, 4.69) is 6.92 Å². The van der Waals surface area contributed by atoms with Crippen molar-refractivity contribution in [3.05, 3.63) is 24.0 Å². The molecule has 1 heterocycles. The van der Waals surface area contributed by atoms with Gasteiger partial charge in [0.1, 0.15) is 6.54 Å². The minimum absolute atomic E-state index is 0.104. The first-order valence-electron chi connectivity index (χ1n) is 5.54. The minimum Gasteiger partial charge on any atom is -0.464 e. The molecule has 0 radical (unpaired) electrons. The van der Waals surface area contributed by atoms with Crippen LogP contribution >= 0.6 is 0 Å². The number of aromatic nitrogens is 1. The van der Waals surface area contributed by atoms with Gasteiger partial charge in [0, 0.05) is 6.20 Å². The number of aldehydes is 1. The van der Waals surface area contributed by atoms with Crippen molar-refractivity contribution in [2.24, 2.45) is 0 Å². The average molecular weight is 223 g/mol. The molecule has 0 saturated heterocycles. The Hall–Kier alpha value is -1.58. The number of ether oxygens (including phenoxy) is 1. The second-order valence-corrected chi connectivity index (χ2v) is 3.61. The summed E-state index contributed by atoms with van der Waals surface area (Å²) in [6.07, 6.45) is 5.48. The Morgan fingerprint density at radius 3 is 3.00 bits per heavy atom. The van der Waals surface area contributed by atoms with Crippen LogP contribution in [0.4, 0.5) is 0 Å². The highest BCUT2D eigenvalue weighted by atomic mass is 16.5. The summed E-state index contributed by atoms with van der Waals surface area (Å²) >= 11 is 0. The number of carbonyl (C=O) groups excluding carboxylic acids is 2. The van der Waals surface area contributed by atoms with Gasteiger partial charge in [0.2, 0.25) is 0 Å². The van der Waals surface area contributed by atoms with Crippen LogP contribution in [0.15, 0.2) is 18.3 Å². The predicted octanol–water partition coefficient (Wildman–Crippen LogP) is 2.03. The molecule has 0 unspecified atom stereocenters. The lowest BCUT2D eigenvalue weighted by molar-refractivity contribution is -0.144. The molecule has 1 aromatic rings. The molecular formula is C12H17NO3. The molecule has 0 amide bonds. The quantitative estimate of drug-likeness (QED) is 0.403. The molecule has 0 atom stereocenters. The van der Waals surface area contributed by atoms with Crippen LogP contribution in [0.5, 0.6) is 0 Å². The van der Waals surface area contributed by atoms with Gasteiger partial charge in [0.15, 0.2) is 6.29 Å². The van der Waals surface area contributed by atoms with Crippen molar-refractivity contribution < 1.29 is 14.3 Å². The van der Waals surface area contributed by atoms with Crippen LogP contribution < -0.4 is 0 Å². The third kappa shape index (κ3) is 3.88. The summed E-state index contributed by atoms with van der Waals surface area (Å²) in [6.45, 7) is 2.66. The van der Waals surface area contributed by atoms with Crippen molar-refractivity contribution in [2.75, 3.05) is 6.61 Å². The van der Waals surface area contributed by atoms with E-state index in [0.29, 0.717) is 12.3 Å². The van der Waals surface area contributed by atoms with E-state index in [4.69, 9.17) is 4.74 Å². The number of rotatable bonds is 7. The lowest BCUT2D eigenvalue weighted by Gasteiger charge is -2.06. The lowest BCUT2D eigenvalue weighted by atomic mass is 10.3. The summed E-state index contributed by atoms with van der Waals surface area (Å²) in [5, 5.41) is 0. The normalized spacial score (nSPS) is 10.1. The topological polar surface area (TPSA) is 48.3 Å². The maximum atomic E-state index is 11.4. The molecule has 16 heavy (non-hydrogen) atoms. The Bertz CT molecular complexity index is 344. The molecule has 0 saturated carbocycles. The van der Waals surface area contributed by atoms with Crippen LogP contribution in [-0.2, 0) is 16.1 Å². The standard InChI is InChI=1S/C12H17NO3/c1-2-3-4-8-16-12(15)9-13-7-5-6-11(13)10-14/h5-7,10H,2-4,8-9H2,1H3. The van der Waals surface area contributed by atoms with Crippen molar-refractivity contribution in [1.29, 1.82) is 0 Å². The monoisotopic (exact) mass is 223 g/mol. The fourth-order valence-corrected chi connectivity index (χ4v) is 1.40. The first-order chi connectivity index (χ1) is 7.77. The van der Waals surface area contributed by atoms with Crippen molar-refractivity contribution in [1.82, 2.24) is 4.57 Å². The third-order valence-corrected chi connectivity index (χ3v) is 2.30. The molecule has 0 aliphatic heterocycles.